The third-order valence-electron chi connectivity index (χ3n) is 3.62. The number of H-pyrrole nitrogens is 1. The Morgan fingerprint density at radius 1 is 1.42 bits per heavy atom. The fourth-order valence-electron chi connectivity index (χ4n) is 2.32. The van der Waals surface area contributed by atoms with Crippen LogP contribution in [0.4, 0.5) is 24.8 Å². The Bertz CT molecular complexity index is 864. The second-order valence-corrected chi connectivity index (χ2v) is 5.43. The van der Waals surface area contributed by atoms with Gasteiger partial charge in [-0.2, -0.15) is 13.9 Å². The fraction of sp³-hybridized carbons (Fsp3) is 0.385. The zero-order valence-corrected chi connectivity index (χ0v) is 12.2. The number of nitrogens with zero attached hydrogens (tertiary/aromatic N) is 5. The first-order chi connectivity index (χ1) is 11.6. The number of fused-ring (bicyclic) bond motifs is 1. The number of aromatic nitrogens is 6. The summed E-state index contributed by atoms with van der Waals surface area (Å²) in [5, 5.41) is 13.1. The number of alkyl halides is 3. The molecule has 1 fully saturated rings. The van der Waals surface area contributed by atoms with Crippen LogP contribution in [0, 0.1) is 5.92 Å². The molecule has 0 amide bonds. The number of ether oxygens (including phenoxy) is 1. The summed E-state index contributed by atoms with van der Waals surface area (Å²) in [4.78, 5) is 8.59. The second kappa shape index (κ2) is 5.65. The molecule has 8 nitrogen and oxygen atoms in total. The summed E-state index contributed by atoms with van der Waals surface area (Å²) < 4.78 is 43.1. The number of hydrogen-bond donors (Lipinski definition) is 2. The van der Waals surface area contributed by atoms with E-state index in [1.54, 1.807) is 10.9 Å². The molecule has 0 spiro atoms. The van der Waals surface area contributed by atoms with E-state index in [9.17, 15) is 13.2 Å². The van der Waals surface area contributed by atoms with E-state index in [4.69, 9.17) is 0 Å². The van der Waals surface area contributed by atoms with Crippen LogP contribution in [0.1, 0.15) is 6.42 Å². The number of hydrogen-bond acceptors (Lipinski definition) is 6. The quantitative estimate of drug-likeness (QED) is 0.715. The van der Waals surface area contributed by atoms with Crippen molar-refractivity contribution in [3.8, 4) is 5.88 Å². The van der Waals surface area contributed by atoms with Crippen molar-refractivity contribution in [2.24, 2.45) is 5.92 Å². The summed E-state index contributed by atoms with van der Waals surface area (Å²) in [5.41, 5.74) is 1.10. The monoisotopic (exact) mass is 339 g/mol. The van der Waals surface area contributed by atoms with E-state index in [1.807, 2.05) is 0 Å². The first kappa shape index (κ1) is 14.7. The topological polar surface area (TPSA) is 93.5 Å². The van der Waals surface area contributed by atoms with Crippen LogP contribution in [0.5, 0.6) is 5.88 Å². The van der Waals surface area contributed by atoms with Gasteiger partial charge in [0.15, 0.2) is 11.5 Å². The maximum absolute atomic E-state index is 13.1. The van der Waals surface area contributed by atoms with Gasteiger partial charge in [0.05, 0.1) is 12.4 Å². The minimum atomic E-state index is -2.95. The summed E-state index contributed by atoms with van der Waals surface area (Å²) in [6.07, 6.45) is 2.79. The third-order valence-corrected chi connectivity index (χ3v) is 3.62. The molecule has 1 saturated carbocycles. The molecule has 0 radical (unpaired) electrons. The van der Waals surface area contributed by atoms with Crippen molar-refractivity contribution in [1.29, 1.82) is 0 Å². The SMILES string of the molecule is FC(F)Oc1cc(Nc2cnc3cnn(C[C@H]4C[C@H]4F)c3n2)[nH]n1. The predicted molar refractivity (Wildman–Crippen MR) is 76.8 cm³/mol. The molecule has 2 N–H and O–H groups in total. The first-order valence-corrected chi connectivity index (χ1v) is 7.18. The minimum Gasteiger partial charge on any atom is -0.415 e. The highest BCUT2D eigenvalue weighted by Crippen LogP contribution is 2.35. The van der Waals surface area contributed by atoms with Gasteiger partial charge >= 0.3 is 6.61 Å². The number of rotatable bonds is 6. The lowest BCUT2D eigenvalue weighted by Crippen LogP contribution is -2.05. The fourth-order valence-corrected chi connectivity index (χ4v) is 2.32. The lowest BCUT2D eigenvalue weighted by Gasteiger charge is -2.04. The van der Waals surface area contributed by atoms with E-state index in [0.29, 0.717) is 35.8 Å². The van der Waals surface area contributed by atoms with Crippen LogP contribution in [0.3, 0.4) is 0 Å². The molecule has 1 aliphatic carbocycles. The van der Waals surface area contributed by atoms with Gasteiger partial charge in [0.25, 0.3) is 0 Å². The molecule has 4 rings (SSSR count). The van der Waals surface area contributed by atoms with E-state index >= 15 is 0 Å². The molecular formula is C13H12F3N7O. The van der Waals surface area contributed by atoms with Gasteiger partial charge < -0.3 is 10.1 Å². The summed E-state index contributed by atoms with van der Waals surface area (Å²) in [6.45, 7) is -2.51. The van der Waals surface area contributed by atoms with E-state index in [0.717, 1.165) is 0 Å². The molecule has 3 heterocycles. The van der Waals surface area contributed by atoms with E-state index in [2.05, 4.69) is 35.3 Å². The number of aromatic amines is 1. The van der Waals surface area contributed by atoms with Crippen LogP contribution in [0.25, 0.3) is 11.2 Å². The molecule has 0 saturated heterocycles. The zero-order valence-electron chi connectivity index (χ0n) is 12.2. The Labute approximate surface area is 133 Å². The van der Waals surface area contributed by atoms with E-state index < -0.39 is 12.8 Å². The highest BCUT2D eigenvalue weighted by atomic mass is 19.3. The molecule has 0 aliphatic heterocycles. The van der Waals surface area contributed by atoms with Crippen molar-refractivity contribution >= 4 is 22.8 Å². The van der Waals surface area contributed by atoms with Crippen LogP contribution in [-0.2, 0) is 6.54 Å². The molecule has 0 aromatic carbocycles. The van der Waals surface area contributed by atoms with Crippen LogP contribution < -0.4 is 10.1 Å². The van der Waals surface area contributed by atoms with Gasteiger partial charge in [-0.15, -0.1) is 5.10 Å². The summed E-state index contributed by atoms with van der Waals surface area (Å²) in [5.74, 6) is 0.406. The lowest BCUT2D eigenvalue weighted by atomic mass is 10.4. The molecule has 2 atom stereocenters. The van der Waals surface area contributed by atoms with Gasteiger partial charge in [-0.05, 0) is 6.42 Å². The average molecular weight is 339 g/mol. The van der Waals surface area contributed by atoms with Gasteiger partial charge in [0, 0.05) is 18.5 Å². The highest BCUT2D eigenvalue weighted by molar-refractivity contribution is 5.71. The molecule has 0 unspecified atom stereocenters. The maximum Gasteiger partial charge on any atom is 0.388 e. The summed E-state index contributed by atoms with van der Waals surface area (Å²) in [6, 6.07) is 1.27. The number of anilines is 2. The predicted octanol–water partition coefficient (Wildman–Crippen LogP) is 2.25. The van der Waals surface area contributed by atoms with Gasteiger partial charge in [-0.25, -0.2) is 19.0 Å². The van der Waals surface area contributed by atoms with Gasteiger partial charge in [-0.1, -0.05) is 0 Å². The Morgan fingerprint density at radius 3 is 3.00 bits per heavy atom. The smallest absolute Gasteiger partial charge is 0.388 e. The van der Waals surface area contributed by atoms with Crippen LogP contribution >= 0.6 is 0 Å². The van der Waals surface area contributed by atoms with Crippen LogP contribution in [-0.4, -0.2) is 42.7 Å². The molecule has 3 aromatic heterocycles. The average Bonchev–Trinajstić information content (AvgIpc) is 2.92. The Hall–Kier alpha value is -2.85. The summed E-state index contributed by atoms with van der Waals surface area (Å²) in [7, 11) is 0. The van der Waals surface area contributed by atoms with E-state index in [-0.39, 0.29) is 11.8 Å². The number of nitrogens with one attached hydrogen (secondary N) is 2. The molecule has 0 bridgehead atoms. The third kappa shape index (κ3) is 2.96. The Kier molecular flexibility index (Phi) is 3.47. The second-order valence-electron chi connectivity index (χ2n) is 5.43. The van der Waals surface area contributed by atoms with Crippen molar-refractivity contribution in [2.45, 2.75) is 25.7 Å². The van der Waals surface area contributed by atoms with Gasteiger partial charge in [0.2, 0.25) is 5.88 Å². The zero-order chi connectivity index (χ0) is 16.7. The standard InChI is InChI=1S/C13H12F3N7O/c14-7-1-6(7)5-23-12-8(3-18-23)17-4-10(20-12)19-9-2-11(22-21-9)24-13(15)16/h2-4,6-7,13H,1,5H2,(H2,19,20,21,22)/t6-,7-/m1/s1. The van der Waals surface area contributed by atoms with Crippen LogP contribution in [0.15, 0.2) is 18.5 Å². The Balaban J connectivity index is 1.53. The Morgan fingerprint density at radius 2 is 2.25 bits per heavy atom. The van der Waals surface area contributed by atoms with Gasteiger partial charge in [-0.3, -0.25) is 5.10 Å². The molecule has 1 aliphatic rings. The van der Waals surface area contributed by atoms with Gasteiger partial charge in [0.1, 0.15) is 17.5 Å². The largest absolute Gasteiger partial charge is 0.415 e. The van der Waals surface area contributed by atoms with Crippen molar-refractivity contribution in [2.75, 3.05) is 5.32 Å². The lowest BCUT2D eigenvalue weighted by molar-refractivity contribution is -0.0528. The first-order valence-electron chi connectivity index (χ1n) is 7.18. The minimum absolute atomic E-state index is 0.0341. The molecule has 126 valence electrons. The molecule has 11 heteroatoms. The molecule has 3 aromatic rings. The van der Waals surface area contributed by atoms with Crippen LogP contribution in [0.2, 0.25) is 0 Å². The van der Waals surface area contributed by atoms with Crippen molar-refractivity contribution < 1.29 is 17.9 Å². The van der Waals surface area contributed by atoms with Crippen molar-refractivity contribution in [3.05, 3.63) is 18.5 Å². The van der Waals surface area contributed by atoms with Crippen molar-refractivity contribution in [1.82, 2.24) is 29.9 Å². The number of halogens is 3. The maximum atomic E-state index is 13.1. The molecule has 24 heavy (non-hydrogen) atoms. The molecular weight excluding hydrogens is 327 g/mol. The summed E-state index contributed by atoms with van der Waals surface area (Å²) >= 11 is 0. The van der Waals surface area contributed by atoms with Crippen molar-refractivity contribution in [3.63, 3.8) is 0 Å². The van der Waals surface area contributed by atoms with E-state index in [1.165, 1.54) is 12.3 Å². The highest BCUT2D eigenvalue weighted by Gasteiger charge is 2.38. The normalized spacial score (nSPS) is 19.8.